The molecular formula is C28H31N7O3. The smallest absolute Gasteiger partial charge is 0.358 e. The van der Waals surface area contributed by atoms with Crippen LogP contribution >= 0.6 is 0 Å². The van der Waals surface area contributed by atoms with E-state index in [1.807, 2.05) is 73.9 Å². The number of likely N-dealkylation sites (N-methyl/N-ethyl adjacent to an activating group) is 1. The lowest BCUT2D eigenvalue weighted by Gasteiger charge is -2.16. The highest BCUT2D eigenvalue weighted by molar-refractivity contribution is 6.05. The van der Waals surface area contributed by atoms with Crippen LogP contribution in [0.1, 0.15) is 49.6 Å². The average Bonchev–Trinajstić information content (AvgIpc) is 3.57. The van der Waals surface area contributed by atoms with E-state index in [2.05, 4.69) is 25.6 Å². The molecule has 38 heavy (non-hydrogen) atoms. The van der Waals surface area contributed by atoms with Gasteiger partial charge in [0.05, 0.1) is 6.61 Å². The molecule has 1 N–H and O–H groups in total. The summed E-state index contributed by atoms with van der Waals surface area (Å²) in [4.78, 5) is 31.9. The van der Waals surface area contributed by atoms with E-state index in [0.29, 0.717) is 24.6 Å². The molecule has 2 aromatic carbocycles. The first-order chi connectivity index (χ1) is 18.3. The zero-order valence-corrected chi connectivity index (χ0v) is 22.2. The van der Waals surface area contributed by atoms with Crippen molar-refractivity contribution in [2.45, 2.75) is 40.7 Å². The molecule has 0 saturated carbocycles. The Hall–Kier alpha value is -4.60. The summed E-state index contributed by atoms with van der Waals surface area (Å²) < 4.78 is 7.20. The molecule has 0 atom stereocenters. The highest BCUT2D eigenvalue weighted by Crippen LogP contribution is 2.30. The molecule has 4 rings (SSSR count). The van der Waals surface area contributed by atoms with E-state index >= 15 is 0 Å². The largest absolute Gasteiger partial charge is 0.461 e. The van der Waals surface area contributed by atoms with Crippen LogP contribution in [-0.4, -0.2) is 55.7 Å². The summed E-state index contributed by atoms with van der Waals surface area (Å²) >= 11 is 0. The van der Waals surface area contributed by atoms with Crippen LogP contribution in [0.3, 0.4) is 0 Å². The van der Waals surface area contributed by atoms with E-state index in [9.17, 15) is 9.59 Å². The van der Waals surface area contributed by atoms with Gasteiger partial charge in [0.2, 0.25) is 5.82 Å². The molecule has 0 aliphatic rings. The summed E-state index contributed by atoms with van der Waals surface area (Å²) in [5.74, 6) is 0.721. The van der Waals surface area contributed by atoms with E-state index < -0.39 is 5.97 Å². The summed E-state index contributed by atoms with van der Waals surface area (Å²) in [7, 11) is 1.62. The number of benzene rings is 2. The molecule has 0 unspecified atom stereocenters. The van der Waals surface area contributed by atoms with Crippen molar-refractivity contribution in [3.05, 3.63) is 77.3 Å². The normalized spacial score (nSPS) is 10.8. The molecule has 4 aromatic rings. The standard InChI is InChI=1S/C28H31N7O3/c1-6-23-29-27(34(5)24(36)16-18(3)4)25(28(37)38-7-2)35(23)17-19-12-14-20(15-13-19)21-10-8-9-11-22(21)26-30-32-33-31-26/h8-16H,6-7,17H2,1-5H3,(H,30,31,32,33). The van der Waals surface area contributed by atoms with E-state index in [1.165, 1.54) is 11.0 Å². The lowest BCUT2D eigenvalue weighted by Crippen LogP contribution is -2.27. The van der Waals surface area contributed by atoms with Crippen molar-refractivity contribution in [3.8, 4) is 22.5 Å². The number of hydrogen-bond donors (Lipinski definition) is 1. The summed E-state index contributed by atoms with van der Waals surface area (Å²) in [6.45, 7) is 8.01. The first-order valence-corrected chi connectivity index (χ1v) is 12.4. The number of rotatable bonds is 9. The number of hydrogen-bond acceptors (Lipinski definition) is 7. The monoisotopic (exact) mass is 513 g/mol. The van der Waals surface area contributed by atoms with Gasteiger partial charge in [0.1, 0.15) is 5.82 Å². The average molecular weight is 514 g/mol. The number of allylic oxidation sites excluding steroid dienone is 1. The molecular weight excluding hydrogens is 482 g/mol. The zero-order chi connectivity index (χ0) is 27.2. The van der Waals surface area contributed by atoms with Gasteiger partial charge in [-0.25, -0.2) is 9.78 Å². The Balaban J connectivity index is 1.71. The van der Waals surface area contributed by atoms with Crippen LogP contribution < -0.4 is 4.90 Å². The fourth-order valence-corrected chi connectivity index (χ4v) is 4.19. The molecule has 10 nitrogen and oxygen atoms in total. The number of nitrogens with one attached hydrogen (secondary N) is 1. The van der Waals surface area contributed by atoms with Crippen LogP contribution in [0.4, 0.5) is 5.82 Å². The molecule has 2 heterocycles. The summed E-state index contributed by atoms with van der Waals surface area (Å²) in [5, 5.41) is 14.4. The third-order valence-electron chi connectivity index (χ3n) is 5.99. The molecule has 0 saturated heterocycles. The number of aromatic amines is 1. The van der Waals surface area contributed by atoms with Crippen molar-refractivity contribution in [3.63, 3.8) is 0 Å². The maximum atomic E-state index is 13.1. The van der Waals surface area contributed by atoms with Crippen molar-refractivity contribution in [2.75, 3.05) is 18.6 Å². The molecule has 10 heteroatoms. The van der Waals surface area contributed by atoms with E-state index in [1.54, 1.807) is 14.0 Å². The van der Waals surface area contributed by atoms with Crippen LogP contribution in [0.2, 0.25) is 0 Å². The predicted octanol–water partition coefficient (Wildman–Crippen LogP) is 4.45. The molecule has 2 aromatic heterocycles. The van der Waals surface area contributed by atoms with Gasteiger partial charge in [-0.1, -0.05) is 61.0 Å². The Morgan fingerprint density at radius 1 is 1.05 bits per heavy atom. The molecule has 0 spiro atoms. The van der Waals surface area contributed by atoms with Crippen molar-refractivity contribution in [2.24, 2.45) is 0 Å². The highest BCUT2D eigenvalue weighted by Gasteiger charge is 2.28. The van der Waals surface area contributed by atoms with Crippen molar-refractivity contribution in [1.82, 2.24) is 30.2 Å². The molecule has 0 aliphatic heterocycles. The quantitative estimate of drug-likeness (QED) is 0.259. The van der Waals surface area contributed by atoms with Crippen LogP contribution in [-0.2, 0) is 22.5 Å². The summed E-state index contributed by atoms with van der Waals surface area (Å²) in [6.07, 6.45) is 2.10. The number of carbonyl (C=O) groups excluding carboxylic acids is 2. The number of esters is 1. The maximum Gasteiger partial charge on any atom is 0.358 e. The lowest BCUT2D eigenvalue weighted by molar-refractivity contribution is -0.114. The third-order valence-corrected chi connectivity index (χ3v) is 5.99. The maximum absolute atomic E-state index is 13.1. The van der Waals surface area contributed by atoms with Gasteiger partial charge in [0, 0.05) is 31.7 Å². The number of nitrogens with zero attached hydrogens (tertiary/aromatic N) is 6. The van der Waals surface area contributed by atoms with E-state index in [0.717, 1.165) is 27.8 Å². The van der Waals surface area contributed by atoms with E-state index in [-0.39, 0.29) is 24.0 Å². The Kier molecular flexibility index (Phi) is 8.10. The number of imidazole rings is 1. The Bertz CT molecular complexity index is 1450. The van der Waals surface area contributed by atoms with Gasteiger partial charge < -0.3 is 9.30 Å². The third kappa shape index (κ3) is 5.54. The van der Waals surface area contributed by atoms with Gasteiger partial charge in [-0.15, -0.1) is 10.2 Å². The zero-order valence-electron chi connectivity index (χ0n) is 22.2. The summed E-state index contributed by atoms with van der Waals surface area (Å²) in [5.41, 5.74) is 4.92. The topological polar surface area (TPSA) is 119 Å². The number of anilines is 1. The number of aryl methyl sites for hydroxylation is 1. The minimum atomic E-state index is -0.516. The summed E-state index contributed by atoms with van der Waals surface area (Å²) in [6, 6.07) is 15.9. The van der Waals surface area contributed by atoms with Crippen LogP contribution in [0.25, 0.3) is 22.5 Å². The number of ether oxygens (including phenoxy) is 1. The Labute approximate surface area is 221 Å². The van der Waals surface area contributed by atoms with Gasteiger partial charge in [0.15, 0.2) is 11.5 Å². The van der Waals surface area contributed by atoms with Crippen molar-refractivity contribution < 1.29 is 14.3 Å². The molecule has 0 radical (unpaired) electrons. The Morgan fingerprint density at radius 2 is 1.76 bits per heavy atom. The van der Waals surface area contributed by atoms with Gasteiger partial charge in [-0.05, 0) is 42.7 Å². The van der Waals surface area contributed by atoms with Gasteiger partial charge in [0.25, 0.3) is 5.91 Å². The van der Waals surface area contributed by atoms with Gasteiger partial charge in [-0.3, -0.25) is 9.69 Å². The van der Waals surface area contributed by atoms with Gasteiger partial charge in [-0.2, -0.15) is 5.21 Å². The second-order valence-electron chi connectivity index (χ2n) is 8.96. The van der Waals surface area contributed by atoms with Crippen LogP contribution in [0, 0.1) is 0 Å². The lowest BCUT2D eigenvalue weighted by atomic mass is 9.98. The molecule has 1 amide bonds. The first kappa shape index (κ1) is 26.5. The minimum Gasteiger partial charge on any atom is -0.461 e. The first-order valence-electron chi connectivity index (χ1n) is 12.4. The molecule has 0 aliphatic carbocycles. The van der Waals surface area contributed by atoms with E-state index in [4.69, 9.17) is 4.74 Å². The number of aromatic nitrogens is 6. The Morgan fingerprint density at radius 3 is 2.37 bits per heavy atom. The SMILES string of the molecule is CCOC(=O)c1c(N(C)C(=O)C=C(C)C)nc(CC)n1Cc1ccc(-c2ccccc2-c2nn[nH]n2)cc1. The van der Waals surface area contributed by atoms with Crippen LogP contribution in [0.5, 0.6) is 0 Å². The van der Waals surface area contributed by atoms with Crippen LogP contribution in [0.15, 0.2) is 60.2 Å². The predicted molar refractivity (Wildman–Crippen MR) is 145 cm³/mol. The van der Waals surface area contributed by atoms with Crippen molar-refractivity contribution in [1.29, 1.82) is 0 Å². The van der Waals surface area contributed by atoms with Gasteiger partial charge >= 0.3 is 5.97 Å². The highest BCUT2D eigenvalue weighted by atomic mass is 16.5. The fraction of sp³-hybridized carbons (Fsp3) is 0.286. The second kappa shape index (κ2) is 11.6. The fourth-order valence-electron chi connectivity index (χ4n) is 4.19. The van der Waals surface area contributed by atoms with Crippen molar-refractivity contribution >= 4 is 17.7 Å². The molecule has 0 fully saturated rings. The number of carbonyl (C=O) groups is 2. The second-order valence-corrected chi connectivity index (χ2v) is 8.96. The minimum absolute atomic E-state index is 0.213. The molecule has 0 bridgehead atoms. The molecule has 196 valence electrons. The number of tetrazole rings is 1. The number of H-pyrrole nitrogens is 1. The number of amides is 1.